The van der Waals surface area contributed by atoms with E-state index in [9.17, 15) is 5.21 Å². The van der Waals surface area contributed by atoms with Crippen molar-refractivity contribution >= 4 is 21.6 Å². The van der Waals surface area contributed by atoms with Gasteiger partial charge in [-0.15, -0.1) is 0 Å². The first-order valence-corrected chi connectivity index (χ1v) is 6.77. The van der Waals surface area contributed by atoms with E-state index in [1.165, 1.54) is 6.07 Å². The fourth-order valence-corrected chi connectivity index (χ4v) is 2.21. The van der Waals surface area contributed by atoms with E-state index in [4.69, 9.17) is 9.94 Å². The summed E-state index contributed by atoms with van der Waals surface area (Å²) in [7, 11) is 1.60. The van der Waals surface area contributed by atoms with Crippen LogP contribution in [0.1, 0.15) is 5.56 Å². The van der Waals surface area contributed by atoms with Gasteiger partial charge in [0.1, 0.15) is 5.75 Å². The highest BCUT2D eigenvalue weighted by molar-refractivity contribution is 9.08. The lowest BCUT2D eigenvalue weighted by molar-refractivity contribution is 0.296. The highest BCUT2D eigenvalue weighted by Crippen LogP contribution is 2.33. The van der Waals surface area contributed by atoms with Crippen molar-refractivity contribution in [3.63, 3.8) is 0 Å². The van der Waals surface area contributed by atoms with Crippen molar-refractivity contribution in [2.45, 2.75) is 5.33 Å². The van der Waals surface area contributed by atoms with Gasteiger partial charge in [-0.05, 0) is 35.4 Å². The Bertz CT molecular complexity index is 572. The topological polar surface area (TPSA) is 55.8 Å². The zero-order valence-electron chi connectivity index (χ0n) is 10.3. The van der Waals surface area contributed by atoms with E-state index in [1.54, 1.807) is 19.2 Å². The van der Waals surface area contributed by atoms with Crippen LogP contribution < -0.4 is 9.96 Å². The summed E-state index contributed by atoms with van der Waals surface area (Å²) in [6, 6.07) is 12.6. The highest BCUT2D eigenvalue weighted by atomic mass is 79.9. The van der Waals surface area contributed by atoms with Crippen molar-refractivity contribution in [2.24, 2.45) is 0 Å². The molecule has 0 radical (unpaired) electrons. The van der Waals surface area contributed by atoms with Crippen LogP contribution in [0.15, 0.2) is 42.5 Å². The average molecular weight is 323 g/mol. The fraction of sp³-hybridized carbons (Fsp3) is 0.143. The van der Waals surface area contributed by atoms with Crippen molar-refractivity contribution in [3.8, 4) is 16.9 Å². The Morgan fingerprint density at radius 2 is 2.05 bits per heavy atom. The molecule has 0 aromatic heterocycles. The van der Waals surface area contributed by atoms with Gasteiger partial charge in [-0.2, -0.15) is 0 Å². The maximum Gasteiger partial charge on any atom is 0.126 e. The Hall–Kier alpha value is -1.56. The number of halogens is 1. The normalized spacial score (nSPS) is 10.3. The Balaban J connectivity index is 2.53. The Morgan fingerprint density at radius 1 is 1.26 bits per heavy atom. The minimum Gasteiger partial charge on any atom is -0.733 e. The van der Waals surface area contributed by atoms with Gasteiger partial charge in [0.25, 0.3) is 0 Å². The van der Waals surface area contributed by atoms with Gasteiger partial charge in [0.05, 0.1) is 12.8 Å². The number of hydrogen-bond donors (Lipinski definition) is 1. The molecule has 5 heteroatoms. The molecule has 0 bridgehead atoms. The maximum absolute atomic E-state index is 10.9. The number of benzene rings is 2. The van der Waals surface area contributed by atoms with Crippen molar-refractivity contribution in [3.05, 3.63) is 53.2 Å². The van der Waals surface area contributed by atoms with Crippen LogP contribution in [0.25, 0.3) is 11.1 Å². The minimum atomic E-state index is -0.148. The van der Waals surface area contributed by atoms with Gasteiger partial charge < -0.3 is 15.2 Å². The molecule has 0 aliphatic heterocycles. The third kappa shape index (κ3) is 3.07. The molecule has 0 saturated heterocycles. The first-order valence-electron chi connectivity index (χ1n) is 5.65. The fourth-order valence-electron chi connectivity index (χ4n) is 1.86. The lowest BCUT2D eigenvalue weighted by Gasteiger charge is -2.22. The van der Waals surface area contributed by atoms with Crippen molar-refractivity contribution in [1.82, 2.24) is 0 Å². The van der Waals surface area contributed by atoms with Crippen LogP contribution in [0, 0.1) is 5.21 Å². The quantitative estimate of drug-likeness (QED) is 0.684. The standard InChI is InChI=1S/C14H13BrNO3/c1-19-14-6-5-10(9-15)7-13(14)11-3-2-4-12(8-11)16(17)18/h2-8,17H,9H2,1H3/q-1. The number of alkyl halides is 1. The van der Waals surface area contributed by atoms with E-state index in [2.05, 4.69) is 15.9 Å². The molecule has 1 N–H and O–H groups in total. The number of rotatable bonds is 4. The third-order valence-corrected chi connectivity index (χ3v) is 3.44. The van der Waals surface area contributed by atoms with Crippen LogP contribution in [0.2, 0.25) is 0 Å². The lowest BCUT2D eigenvalue weighted by Crippen LogP contribution is -2.06. The highest BCUT2D eigenvalue weighted by Gasteiger charge is 2.07. The van der Waals surface area contributed by atoms with E-state index >= 15 is 0 Å². The molecule has 0 spiro atoms. The van der Waals surface area contributed by atoms with Gasteiger partial charge in [-0.1, -0.05) is 34.1 Å². The van der Waals surface area contributed by atoms with Crippen LogP contribution in [0.3, 0.4) is 0 Å². The summed E-state index contributed by atoms with van der Waals surface area (Å²) in [5.74, 6) is 0.720. The molecule has 0 fully saturated rings. The van der Waals surface area contributed by atoms with Crippen LogP contribution in [0.5, 0.6) is 5.75 Å². The molecule has 2 rings (SSSR count). The molecule has 0 heterocycles. The van der Waals surface area contributed by atoms with Crippen molar-refractivity contribution in [2.75, 3.05) is 12.3 Å². The van der Waals surface area contributed by atoms with Gasteiger partial charge in [0.2, 0.25) is 0 Å². The van der Waals surface area contributed by atoms with Crippen LogP contribution in [0.4, 0.5) is 5.69 Å². The monoisotopic (exact) mass is 322 g/mol. The Labute approximate surface area is 119 Å². The van der Waals surface area contributed by atoms with Crippen molar-refractivity contribution in [1.29, 1.82) is 0 Å². The summed E-state index contributed by atoms with van der Waals surface area (Å²) in [6.45, 7) is 0. The predicted octanol–water partition coefficient (Wildman–Crippen LogP) is 3.95. The van der Waals surface area contributed by atoms with Gasteiger partial charge in [-0.3, -0.25) is 5.21 Å². The van der Waals surface area contributed by atoms with Gasteiger partial charge in [-0.25, -0.2) is 0 Å². The summed E-state index contributed by atoms with van der Waals surface area (Å²) < 4.78 is 5.33. The zero-order chi connectivity index (χ0) is 13.8. The molecule has 0 aliphatic carbocycles. The summed E-state index contributed by atoms with van der Waals surface area (Å²) in [5.41, 5.74) is 2.98. The number of anilines is 1. The van der Waals surface area contributed by atoms with E-state index in [-0.39, 0.29) is 10.9 Å². The second-order valence-electron chi connectivity index (χ2n) is 3.99. The molecule has 2 aromatic carbocycles. The molecule has 0 saturated carbocycles. The molecule has 0 atom stereocenters. The molecule has 100 valence electrons. The number of nitrogens with zero attached hydrogens (tertiary/aromatic N) is 1. The van der Waals surface area contributed by atoms with E-state index in [0.717, 1.165) is 27.8 Å². The SMILES string of the molecule is COc1ccc(CBr)cc1-c1cccc(N([O-])O)c1. The Morgan fingerprint density at radius 3 is 2.68 bits per heavy atom. The minimum absolute atomic E-state index is 0.148. The first-order chi connectivity index (χ1) is 9.15. The molecular formula is C14H13BrNO3-. The van der Waals surface area contributed by atoms with E-state index in [1.807, 2.05) is 24.3 Å². The predicted molar refractivity (Wildman–Crippen MR) is 78.7 cm³/mol. The van der Waals surface area contributed by atoms with E-state index < -0.39 is 0 Å². The Kier molecular flexibility index (Phi) is 4.42. The molecule has 0 unspecified atom stereocenters. The third-order valence-electron chi connectivity index (χ3n) is 2.80. The second kappa shape index (κ2) is 6.06. The second-order valence-corrected chi connectivity index (χ2v) is 4.55. The number of methoxy groups -OCH3 is 1. The zero-order valence-corrected chi connectivity index (χ0v) is 11.9. The number of hydrogen-bond acceptors (Lipinski definition) is 4. The maximum atomic E-state index is 10.9. The number of ether oxygens (including phenoxy) is 1. The smallest absolute Gasteiger partial charge is 0.126 e. The molecule has 19 heavy (non-hydrogen) atoms. The molecule has 0 aliphatic rings. The van der Waals surface area contributed by atoms with E-state index in [0.29, 0.717) is 0 Å². The molecular weight excluding hydrogens is 310 g/mol. The van der Waals surface area contributed by atoms with Gasteiger partial charge in [0, 0.05) is 10.9 Å². The molecule has 2 aromatic rings. The largest absolute Gasteiger partial charge is 0.733 e. The van der Waals surface area contributed by atoms with Crippen LogP contribution in [-0.2, 0) is 5.33 Å². The lowest BCUT2D eigenvalue weighted by atomic mass is 10.0. The van der Waals surface area contributed by atoms with Gasteiger partial charge >= 0.3 is 0 Å². The molecule has 4 nitrogen and oxygen atoms in total. The van der Waals surface area contributed by atoms with Crippen LogP contribution >= 0.6 is 15.9 Å². The summed E-state index contributed by atoms with van der Waals surface area (Å²) >= 11 is 3.41. The summed E-state index contributed by atoms with van der Waals surface area (Å²) in [6.07, 6.45) is 0. The van der Waals surface area contributed by atoms with Gasteiger partial charge in [0.15, 0.2) is 0 Å². The average Bonchev–Trinajstić information content (AvgIpc) is 2.46. The molecule has 0 amide bonds. The van der Waals surface area contributed by atoms with Crippen LogP contribution in [-0.4, -0.2) is 12.3 Å². The first kappa shape index (κ1) is 13.9. The summed E-state index contributed by atoms with van der Waals surface area (Å²) in [4.78, 5) is 0. The summed E-state index contributed by atoms with van der Waals surface area (Å²) in [5, 5.41) is 20.5. The van der Waals surface area contributed by atoms with Crippen molar-refractivity contribution < 1.29 is 9.94 Å².